The Kier molecular flexibility index (Phi) is 6.51. The SMILES string of the molecule is [2H]C([2H])c1ccc(NC(=O)c2ccc(CN3CCNCC3)cc2)cc1Nc1nccc(-c2cccnc2)n1. The first kappa shape index (κ1) is 21.2. The van der Waals surface area contributed by atoms with Crippen LogP contribution >= 0.6 is 0 Å². The van der Waals surface area contributed by atoms with E-state index in [4.69, 9.17) is 2.74 Å². The summed E-state index contributed by atoms with van der Waals surface area (Å²) in [7, 11) is 0. The maximum Gasteiger partial charge on any atom is 0.255 e. The van der Waals surface area contributed by atoms with Gasteiger partial charge in [0.25, 0.3) is 5.91 Å². The highest BCUT2D eigenvalue weighted by Gasteiger charge is 2.12. The first-order valence-electron chi connectivity index (χ1n) is 13.0. The smallest absolute Gasteiger partial charge is 0.255 e. The Bertz CT molecular complexity index is 1380. The van der Waals surface area contributed by atoms with Crippen LogP contribution in [0, 0.1) is 6.88 Å². The van der Waals surface area contributed by atoms with E-state index in [1.54, 1.807) is 42.9 Å². The normalized spacial score (nSPS) is 14.7. The van der Waals surface area contributed by atoms with Crippen molar-refractivity contribution in [3.63, 3.8) is 0 Å². The summed E-state index contributed by atoms with van der Waals surface area (Å²) in [5, 5.41) is 9.39. The summed E-state index contributed by atoms with van der Waals surface area (Å²) in [6.45, 7) is 3.67. The van der Waals surface area contributed by atoms with Crippen LogP contribution in [0.4, 0.5) is 17.3 Å². The molecule has 8 heteroatoms. The van der Waals surface area contributed by atoms with Gasteiger partial charge in [0.15, 0.2) is 0 Å². The summed E-state index contributed by atoms with van der Waals surface area (Å²) in [4.78, 5) is 28.3. The van der Waals surface area contributed by atoms with Gasteiger partial charge in [0.2, 0.25) is 5.95 Å². The summed E-state index contributed by atoms with van der Waals surface area (Å²) >= 11 is 0. The second kappa shape index (κ2) is 11.1. The van der Waals surface area contributed by atoms with Crippen LogP contribution < -0.4 is 16.0 Å². The van der Waals surface area contributed by atoms with Gasteiger partial charge in [0.05, 0.1) is 5.69 Å². The zero-order valence-corrected chi connectivity index (χ0v) is 19.8. The van der Waals surface area contributed by atoms with Crippen molar-refractivity contribution in [3.05, 3.63) is 95.9 Å². The van der Waals surface area contributed by atoms with Gasteiger partial charge < -0.3 is 16.0 Å². The second-order valence-electron chi connectivity index (χ2n) is 8.61. The minimum absolute atomic E-state index is 0.236. The lowest BCUT2D eigenvalue weighted by Crippen LogP contribution is -2.42. The quantitative estimate of drug-likeness (QED) is 0.363. The number of piperazine rings is 1. The van der Waals surface area contributed by atoms with E-state index in [2.05, 4.69) is 35.8 Å². The van der Waals surface area contributed by atoms with Gasteiger partial charge in [-0.1, -0.05) is 18.2 Å². The highest BCUT2D eigenvalue weighted by molar-refractivity contribution is 6.04. The van der Waals surface area contributed by atoms with Crippen LogP contribution in [0.25, 0.3) is 11.3 Å². The maximum absolute atomic E-state index is 13.0. The van der Waals surface area contributed by atoms with Crippen molar-refractivity contribution in [1.82, 2.24) is 25.2 Å². The van der Waals surface area contributed by atoms with Crippen molar-refractivity contribution < 1.29 is 7.54 Å². The number of nitrogens with zero attached hydrogens (tertiary/aromatic N) is 4. The van der Waals surface area contributed by atoms with E-state index in [0.717, 1.165) is 38.3 Å². The van der Waals surface area contributed by atoms with E-state index < -0.39 is 6.88 Å². The van der Waals surface area contributed by atoms with Gasteiger partial charge >= 0.3 is 0 Å². The molecule has 0 radical (unpaired) electrons. The zero-order valence-electron chi connectivity index (χ0n) is 21.8. The lowest BCUT2D eigenvalue weighted by Gasteiger charge is -2.27. The minimum Gasteiger partial charge on any atom is -0.324 e. The molecule has 1 fully saturated rings. The number of carbonyl (C=O) groups is 1. The summed E-state index contributed by atoms with van der Waals surface area (Å²) in [6, 6.07) is 18.2. The minimum atomic E-state index is -1.23. The first-order chi connectivity index (χ1) is 18.5. The van der Waals surface area contributed by atoms with Crippen LogP contribution in [-0.4, -0.2) is 51.9 Å². The number of carbonyl (C=O) groups excluding carboxylic acids is 1. The molecule has 8 nitrogen and oxygen atoms in total. The largest absolute Gasteiger partial charge is 0.324 e. The average molecular weight is 482 g/mol. The van der Waals surface area contributed by atoms with Crippen molar-refractivity contribution in [2.45, 2.75) is 13.4 Å². The molecule has 2 aromatic carbocycles. The fraction of sp³-hybridized carbons (Fsp3) is 0.214. The molecule has 2 aromatic heterocycles. The molecule has 0 unspecified atom stereocenters. The van der Waals surface area contributed by atoms with Crippen molar-refractivity contribution in [1.29, 1.82) is 0 Å². The Morgan fingerprint density at radius 1 is 1.08 bits per heavy atom. The van der Waals surface area contributed by atoms with Crippen LogP contribution in [0.1, 0.15) is 24.2 Å². The molecule has 5 rings (SSSR count). The van der Waals surface area contributed by atoms with Crippen molar-refractivity contribution in [2.24, 2.45) is 0 Å². The summed E-state index contributed by atoms with van der Waals surface area (Å²) in [5.74, 6) is 0.0809. The Balaban J connectivity index is 1.30. The highest BCUT2D eigenvalue weighted by Crippen LogP contribution is 2.24. The van der Waals surface area contributed by atoms with E-state index in [0.29, 0.717) is 34.1 Å². The number of rotatable bonds is 7. The lowest BCUT2D eigenvalue weighted by atomic mass is 10.1. The van der Waals surface area contributed by atoms with Crippen LogP contribution in [-0.2, 0) is 6.54 Å². The van der Waals surface area contributed by atoms with E-state index in [9.17, 15) is 4.79 Å². The monoisotopic (exact) mass is 481 g/mol. The van der Waals surface area contributed by atoms with Gasteiger partial charge in [-0.2, -0.15) is 0 Å². The summed E-state index contributed by atoms with van der Waals surface area (Å²) in [6.07, 6.45) is 5.04. The van der Waals surface area contributed by atoms with Gasteiger partial charge in [0, 0.05) is 76.6 Å². The zero-order chi connectivity index (χ0) is 26.3. The van der Waals surface area contributed by atoms with Crippen molar-refractivity contribution in [3.8, 4) is 11.3 Å². The van der Waals surface area contributed by atoms with Crippen molar-refractivity contribution >= 4 is 23.2 Å². The average Bonchev–Trinajstić information content (AvgIpc) is 2.94. The van der Waals surface area contributed by atoms with Crippen LogP contribution in [0.5, 0.6) is 0 Å². The highest BCUT2D eigenvalue weighted by atomic mass is 16.1. The molecular weight excluding hydrogens is 450 g/mol. The van der Waals surface area contributed by atoms with Gasteiger partial charge in [-0.05, 0) is 60.5 Å². The molecular formula is C28H29N7O. The summed E-state index contributed by atoms with van der Waals surface area (Å²) in [5.41, 5.74) is 4.72. The van der Waals surface area contributed by atoms with Crippen molar-refractivity contribution in [2.75, 3.05) is 36.8 Å². The Hall–Kier alpha value is -4.14. The molecule has 1 aliphatic heterocycles. The van der Waals surface area contributed by atoms with Gasteiger partial charge in [-0.15, -0.1) is 0 Å². The lowest BCUT2D eigenvalue weighted by molar-refractivity contribution is 0.102. The number of nitrogens with one attached hydrogen (secondary N) is 3. The number of anilines is 3. The Morgan fingerprint density at radius 2 is 1.94 bits per heavy atom. The molecule has 0 aliphatic carbocycles. The number of hydrogen-bond donors (Lipinski definition) is 3. The molecule has 1 aliphatic rings. The maximum atomic E-state index is 13.0. The predicted octanol–water partition coefficient (Wildman–Crippen LogP) is 4.25. The third kappa shape index (κ3) is 5.91. The van der Waals surface area contributed by atoms with E-state index in [1.165, 1.54) is 5.56 Å². The number of benzene rings is 2. The van der Waals surface area contributed by atoms with E-state index in [-0.39, 0.29) is 5.91 Å². The molecule has 36 heavy (non-hydrogen) atoms. The number of amides is 1. The Morgan fingerprint density at radius 3 is 2.72 bits per heavy atom. The number of pyridine rings is 1. The predicted molar refractivity (Wildman–Crippen MR) is 142 cm³/mol. The number of aryl methyl sites for hydroxylation is 1. The molecule has 182 valence electrons. The van der Waals surface area contributed by atoms with E-state index >= 15 is 0 Å². The third-order valence-corrected chi connectivity index (χ3v) is 6.00. The van der Waals surface area contributed by atoms with Crippen LogP contribution in [0.2, 0.25) is 0 Å². The Labute approximate surface area is 213 Å². The molecule has 0 spiro atoms. The van der Waals surface area contributed by atoms with Crippen LogP contribution in [0.15, 0.2) is 79.3 Å². The number of aromatic nitrogens is 3. The first-order valence-corrected chi connectivity index (χ1v) is 11.9. The third-order valence-electron chi connectivity index (χ3n) is 6.00. The van der Waals surface area contributed by atoms with Gasteiger partial charge in [-0.3, -0.25) is 14.7 Å². The molecule has 0 bridgehead atoms. The van der Waals surface area contributed by atoms with Crippen LogP contribution in [0.3, 0.4) is 0 Å². The molecule has 0 saturated carbocycles. The van der Waals surface area contributed by atoms with E-state index in [1.807, 2.05) is 36.4 Å². The fourth-order valence-corrected chi connectivity index (χ4v) is 4.05. The standard InChI is InChI=1S/C28H29N7O/c1-20-4-9-24(17-26(20)34-28-31-12-10-25(33-28)23-3-2-11-30-18-23)32-27(36)22-7-5-21(6-8-22)19-35-15-13-29-14-16-35/h2-12,17-18,29H,13-16,19H2,1H3,(H,32,36)(H,31,33,34)/i1D2. The molecule has 3 heterocycles. The molecule has 4 aromatic rings. The fourth-order valence-electron chi connectivity index (χ4n) is 4.05. The van der Waals surface area contributed by atoms with Gasteiger partial charge in [-0.25, -0.2) is 9.97 Å². The number of hydrogen-bond acceptors (Lipinski definition) is 7. The molecule has 0 atom stereocenters. The molecule has 1 saturated heterocycles. The second-order valence-corrected chi connectivity index (χ2v) is 8.61. The molecule has 3 N–H and O–H groups in total. The summed E-state index contributed by atoms with van der Waals surface area (Å²) < 4.78 is 15.9. The van der Waals surface area contributed by atoms with Gasteiger partial charge in [0.1, 0.15) is 0 Å². The molecule has 1 amide bonds. The topological polar surface area (TPSA) is 95.1 Å².